The van der Waals surface area contributed by atoms with Crippen molar-refractivity contribution in [3.8, 4) is 11.5 Å². The second-order valence-electron chi connectivity index (χ2n) is 5.18. The number of fused-ring (bicyclic) bond motifs is 1. The SMILES string of the molecule is CNC(c1ccc(C)c(C)c1)c1ccc2c(c1)OCO2. The summed E-state index contributed by atoms with van der Waals surface area (Å²) in [5.74, 6) is 1.65. The summed E-state index contributed by atoms with van der Waals surface area (Å²) < 4.78 is 10.8. The molecule has 1 aliphatic heterocycles. The topological polar surface area (TPSA) is 30.5 Å². The average molecular weight is 269 g/mol. The molecule has 104 valence electrons. The average Bonchev–Trinajstić information content (AvgIpc) is 2.91. The molecule has 0 aliphatic carbocycles. The number of benzene rings is 2. The zero-order chi connectivity index (χ0) is 14.1. The minimum Gasteiger partial charge on any atom is -0.454 e. The van der Waals surface area contributed by atoms with Crippen LogP contribution < -0.4 is 14.8 Å². The van der Waals surface area contributed by atoms with E-state index in [-0.39, 0.29) is 6.04 Å². The molecule has 3 nitrogen and oxygen atoms in total. The van der Waals surface area contributed by atoms with E-state index in [1.54, 1.807) is 0 Å². The second kappa shape index (κ2) is 5.17. The lowest BCUT2D eigenvalue weighted by atomic mass is 9.95. The molecule has 0 saturated carbocycles. The Bertz CT molecular complexity index is 637. The van der Waals surface area contributed by atoms with Crippen molar-refractivity contribution in [2.24, 2.45) is 0 Å². The van der Waals surface area contributed by atoms with E-state index in [4.69, 9.17) is 9.47 Å². The van der Waals surface area contributed by atoms with E-state index in [2.05, 4.69) is 49.5 Å². The van der Waals surface area contributed by atoms with Crippen LogP contribution in [0.15, 0.2) is 36.4 Å². The molecular weight excluding hydrogens is 250 g/mol. The molecule has 2 aromatic rings. The van der Waals surface area contributed by atoms with E-state index < -0.39 is 0 Å². The number of hydrogen-bond donors (Lipinski definition) is 1. The van der Waals surface area contributed by atoms with E-state index in [9.17, 15) is 0 Å². The molecule has 1 heterocycles. The molecule has 2 aromatic carbocycles. The molecule has 1 atom stereocenters. The third kappa shape index (κ3) is 2.25. The van der Waals surface area contributed by atoms with Crippen LogP contribution in [0.1, 0.15) is 28.3 Å². The van der Waals surface area contributed by atoms with Crippen molar-refractivity contribution < 1.29 is 9.47 Å². The molecule has 0 radical (unpaired) electrons. The molecule has 0 aromatic heterocycles. The van der Waals surface area contributed by atoms with Gasteiger partial charge in [-0.15, -0.1) is 0 Å². The van der Waals surface area contributed by atoms with Gasteiger partial charge in [0.1, 0.15) is 0 Å². The van der Waals surface area contributed by atoms with Crippen molar-refractivity contribution in [1.29, 1.82) is 0 Å². The van der Waals surface area contributed by atoms with Gasteiger partial charge in [-0.2, -0.15) is 0 Å². The van der Waals surface area contributed by atoms with Gasteiger partial charge in [0, 0.05) is 0 Å². The molecule has 1 unspecified atom stereocenters. The summed E-state index contributed by atoms with van der Waals surface area (Å²) in [6.07, 6.45) is 0. The molecule has 20 heavy (non-hydrogen) atoms. The molecule has 0 spiro atoms. The second-order valence-corrected chi connectivity index (χ2v) is 5.18. The Balaban J connectivity index is 1.98. The van der Waals surface area contributed by atoms with Crippen molar-refractivity contribution in [2.45, 2.75) is 19.9 Å². The Hall–Kier alpha value is -2.00. The fourth-order valence-corrected chi connectivity index (χ4v) is 2.56. The van der Waals surface area contributed by atoms with Gasteiger partial charge in [0.2, 0.25) is 6.79 Å². The maximum atomic E-state index is 5.46. The van der Waals surface area contributed by atoms with Gasteiger partial charge in [0.25, 0.3) is 0 Å². The molecule has 0 saturated heterocycles. The van der Waals surface area contributed by atoms with Crippen LogP contribution >= 0.6 is 0 Å². The highest BCUT2D eigenvalue weighted by Crippen LogP contribution is 2.35. The Morgan fingerprint density at radius 1 is 0.900 bits per heavy atom. The number of ether oxygens (including phenoxy) is 2. The van der Waals surface area contributed by atoms with Crippen molar-refractivity contribution in [3.05, 3.63) is 58.7 Å². The van der Waals surface area contributed by atoms with Gasteiger partial charge in [-0.25, -0.2) is 0 Å². The van der Waals surface area contributed by atoms with E-state index in [1.807, 2.05) is 13.1 Å². The quantitative estimate of drug-likeness (QED) is 0.927. The Kier molecular flexibility index (Phi) is 3.36. The Morgan fingerprint density at radius 3 is 2.35 bits per heavy atom. The molecule has 0 bridgehead atoms. The lowest BCUT2D eigenvalue weighted by Crippen LogP contribution is -2.17. The van der Waals surface area contributed by atoms with Gasteiger partial charge in [-0.05, 0) is 55.3 Å². The highest BCUT2D eigenvalue weighted by molar-refractivity contribution is 5.47. The zero-order valence-electron chi connectivity index (χ0n) is 12.1. The van der Waals surface area contributed by atoms with Gasteiger partial charge in [-0.1, -0.05) is 24.3 Å². The zero-order valence-corrected chi connectivity index (χ0v) is 12.1. The summed E-state index contributed by atoms with van der Waals surface area (Å²) in [7, 11) is 1.98. The third-order valence-electron chi connectivity index (χ3n) is 3.88. The minimum absolute atomic E-state index is 0.156. The van der Waals surface area contributed by atoms with E-state index in [0.717, 1.165) is 11.5 Å². The smallest absolute Gasteiger partial charge is 0.231 e. The van der Waals surface area contributed by atoms with Crippen LogP contribution in [-0.4, -0.2) is 13.8 Å². The normalized spacial score (nSPS) is 14.3. The van der Waals surface area contributed by atoms with Gasteiger partial charge >= 0.3 is 0 Å². The summed E-state index contributed by atoms with van der Waals surface area (Å²) >= 11 is 0. The summed E-state index contributed by atoms with van der Waals surface area (Å²) in [6.45, 7) is 4.59. The van der Waals surface area contributed by atoms with Crippen LogP contribution in [-0.2, 0) is 0 Å². The van der Waals surface area contributed by atoms with Crippen LogP contribution in [0.5, 0.6) is 11.5 Å². The fraction of sp³-hybridized carbons (Fsp3) is 0.294. The maximum absolute atomic E-state index is 5.46. The number of aryl methyl sites for hydroxylation is 2. The van der Waals surface area contributed by atoms with Crippen LogP contribution in [0.4, 0.5) is 0 Å². The predicted octanol–water partition coefficient (Wildman–Crippen LogP) is 3.34. The fourth-order valence-electron chi connectivity index (χ4n) is 2.56. The Labute approximate surface area is 119 Å². The number of nitrogens with one attached hydrogen (secondary N) is 1. The molecule has 1 N–H and O–H groups in total. The summed E-state index contributed by atoms with van der Waals surface area (Å²) in [5.41, 5.74) is 5.06. The van der Waals surface area contributed by atoms with Crippen LogP contribution in [0.3, 0.4) is 0 Å². The van der Waals surface area contributed by atoms with E-state index >= 15 is 0 Å². The van der Waals surface area contributed by atoms with Gasteiger partial charge in [-0.3, -0.25) is 0 Å². The summed E-state index contributed by atoms with van der Waals surface area (Å²) in [6, 6.07) is 12.9. The van der Waals surface area contributed by atoms with Crippen LogP contribution in [0.25, 0.3) is 0 Å². The molecule has 3 rings (SSSR count). The highest BCUT2D eigenvalue weighted by Gasteiger charge is 2.18. The first-order chi connectivity index (χ1) is 9.69. The first-order valence-corrected chi connectivity index (χ1v) is 6.83. The van der Waals surface area contributed by atoms with Crippen molar-refractivity contribution >= 4 is 0 Å². The third-order valence-corrected chi connectivity index (χ3v) is 3.88. The molecular formula is C17H19NO2. The lowest BCUT2D eigenvalue weighted by Gasteiger charge is -2.18. The van der Waals surface area contributed by atoms with Gasteiger partial charge in [0.05, 0.1) is 6.04 Å². The lowest BCUT2D eigenvalue weighted by molar-refractivity contribution is 0.174. The summed E-state index contributed by atoms with van der Waals surface area (Å²) in [4.78, 5) is 0. The van der Waals surface area contributed by atoms with E-state index in [1.165, 1.54) is 22.3 Å². The largest absolute Gasteiger partial charge is 0.454 e. The van der Waals surface area contributed by atoms with Crippen molar-refractivity contribution in [3.63, 3.8) is 0 Å². The van der Waals surface area contributed by atoms with Crippen LogP contribution in [0.2, 0.25) is 0 Å². The predicted molar refractivity (Wildman–Crippen MR) is 79.4 cm³/mol. The minimum atomic E-state index is 0.156. The van der Waals surface area contributed by atoms with Gasteiger partial charge < -0.3 is 14.8 Å². The highest BCUT2D eigenvalue weighted by atomic mass is 16.7. The van der Waals surface area contributed by atoms with Crippen molar-refractivity contribution in [2.75, 3.05) is 13.8 Å². The van der Waals surface area contributed by atoms with Gasteiger partial charge in [0.15, 0.2) is 11.5 Å². The van der Waals surface area contributed by atoms with E-state index in [0.29, 0.717) is 6.79 Å². The molecule has 0 fully saturated rings. The first-order valence-electron chi connectivity index (χ1n) is 6.83. The first kappa shape index (κ1) is 13.0. The molecule has 0 amide bonds. The van der Waals surface area contributed by atoms with Crippen molar-refractivity contribution in [1.82, 2.24) is 5.32 Å². The Morgan fingerprint density at radius 2 is 1.60 bits per heavy atom. The summed E-state index contributed by atoms with van der Waals surface area (Å²) in [5, 5.41) is 3.38. The standard InChI is InChI=1S/C17H19NO2/c1-11-4-5-13(8-12(11)2)17(18-3)14-6-7-15-16(9-14)20-10-19-15/h4-9,17-18H,10H2,1-3H3. The number of rotatable bonds is 3. The molecule has 1 aliphatic rings. The number of hydrogen-bond acceptors (Lipinski definition) is 3. The maximum Gasteiger partial charge on any atom is 0.231 e. The monoisotopic (exact) mass is 269 g/mol. The van der Waals surface area contributed by atoms with Crippen LogP contribution in [0, 0.1) is 13.8 Å². The molecule has 3 heteroatoms.